The van der Waals surface area contributed by atoms with Crippen molar-refractivity contribution < 1.29 is 19.1 Å². The van der Waals surface area contributed by atoms with E-state index in [4.69, 9.17) is 4.74 Å². The van der Waals surface area contributed by atoms with E-state index in [1.54, 1.807) is 24.3 Å². The number of para-hydroxylation sites is 1. The average molecular weight is 265 g/mol. The molecule has 0 saturated carbocycles. The lowest BCUT2D eigenvalue weighted by Crippen LogP contribution is -2.37. The van der Waals surface area contributed by atoms with E-state index in [0.717, 1.165) is 6.42 Å². The van der Waals surface area contributed by atoms with E-state index in [1.165, 1.54) is 19.1 Å². The Balaban J connectivity index is 2.95. The molecule has 0 saturated heterocycles. The lowest BCUT2D eigenvalue weighted by atomic mass is 10.1. The molecule has 0 atom stereocenters. The van der Waals surface area contributed by atoms with E-state index in [2.05, 4.69) is 4.74 Å². The van der Waals surface area contributed by atoms with Gasteiger partial charge >= 0.3 is 5.97 Å². The molecule has 0 aliphatic carbocycles. The Kier molecular flexibility index (Phi) is 5.85. The maximum atomic E-state index is 12.4. The minimum absolute atomic E-state index is 0.0543. The Morgan fingerprint density at radius 3 is 2.47 bits per heavy atom. The van der Waals surface area contributed by atoms with E-state index in [-0.39, 0.29) is 12.5 Å². The molecule has 1 aromatic rings. The molecule has 0 spiro atoms. The number of esters is 1. The van der Waals surface area contributed by atoms with Gasteiger partial charge in [0.25, 0.3) is 5.91 Å². The van der Waals surface area contributed by atoms with Gasteiger partial charge < -0.3 is 14.4 Å². The molecular formula is C14H19NO4. The van der Waals surface area contributed by atoms with Gasteiger partial charge in [-0.05, 0) is 18.6 Å². The highest BCUT2D eigenvalue weighted by Gasteiger charge is 2.21. The molecule has 1 amide bonds. The second-order valence-electron chi connectivity index (χ2n) is 4.00. The number of carbonyl (C=O) groups is 2. The van der Waals surface area contributed by atoms with Gasteiger partial charge in [0.15, 0.2) is 0 Å². The van der Waals surface area contributed by atoms with E-state index < -0.39 is 5.97 Å². The van der Waals surface area contributed by atoms with Gasteiger partial charge in [-0.1, -0.05) is 19.1 Å². The molecule has 104 valence electrons. The third-order valence-corrected chi connectivity index (χ3v) is 2.67. The number of nitrogens with zero attached hydrogens (tertiary/aromatic N) is 1. The summed E-state index contributed by atoms with van der Waals surface area (Å²) in [6, 6.07) is 6.95. The Morgan fingerprint density at radius 2 is 1.89 bits per heavy atom. The van der Waals surface area contributed by atoms with Crippen molar-refractivity contribution in [3.05, 3.63) is 29.8 Å². The van der Waals surface area contributed by atoms with Crippen LogP contribution in [0.5, 0.6) is 5.75 Å². The van der Waals surface area contributed by atoms with Crippen molar-refractivity contribution in [1.82, 2.24) is 4.90 Å². The van der Waals surface area contributed by atoms with Crippen LogP contribution in [-0.4, -0.2) is 44.1 Å². The maximum Gasteiger partial charge on any atom is 0.325 e. The van der Waals surface area contributed by atoms with Crippen LogP contribution in [0, 0.1) is 0 Å². The summed E-state index contributed by atoms with van der Waals surface area (Å²) in [6.07, 6.45) is 0.762. The minimum Gasteiger partial charge on any atom is -0.496 e. The van der Waals surface area contributed by atoms with Gasteiger partial charge in [0, 0.05) is 6.54 Å². The molecule has 0 bridgehead atoms. The van der Waals surface area contributed by atoms with E-state index in [0.29, 0.717) is 17.9 Å². The molecule has 19 heavy (non-hydrogen) atoms. The molecule has 0 aromatic heterocycles. The number of hydrogen-bond donors (Lipinski definition) is 0. The second-order valence-corrected chi connectivity index (χ2v) is 4.00. The molecule has 0 radical (unpaired) electrons. The Labute approximate surface area is 113 Å². The van der Waals surface area contributed by atoms with Crippen LogP contribution in [0.4, 0.5) is 0 Å². The van der Waals surface area contributed by atoms with Crippen molar-refractivity contribution in [2.75, 3.05) is 27.3 Å². The van der Waals surface area contributed by atoms with Crippen molar-refractivity contribution >= 4 is 11.9 Å². The summed E-state index contributed by atoms with van der Waals surface area (Å²) in [5.74, 6) is -0.167. The molecule has 1 rings (SSSR count). The Hall–Kier alpha value is -2.04. The van der Waals surface area contributed by atoms with Gasteiger partial charge in [-0.15, -0.1) is 0 Å². The quantitative estimate of drug-likeness (QED) is 0.735. The van der Waals surface area contributed by atoms with Crippen molar-refractivity contribution in [3.8, 4) is 5.75 Å². The summed E-state index contributed by atoms with van der Waals surface area (Å²) in [6.45, 7) is 2.38. The van der Waals surface area contributed by atoms with Crippen molar-refractivity contribution in [3.63, 3.8) is 0 Å². The maximum absolute atomic E-state index is 12.4. The number of methoxy groups -OCH3 is 2. The van der Waals surface area contributed by atoms with E-state index in [1.807, 2.05) is 6.92 Å². The zero-order chi connectivity index (χ0) is 14.3. The predicted molar refractivity (Wildman–Crippen MR) is 71.2 cm³/mol. The first-order chi connectivity index (χ1) is 9.13. The lowest BCUT2D eigenvalue weighted by Gasteiger charge is -2.21. The predicted octanol–water partition coefficient (Wildman–Crippen LogP) is 1.72. The SMILES string of the molecule is CCCN(CC(=O)OC)C(=O)c1ccccc1OC. The monoisotopic (exact) mass is 265 g/mol. The third kappa shape index (κ3) is 3.98. The second kappa shape index (κ2) is 7.41. The topological polar surface area (TPSA) is 55.8 Å². The number of ether oxygens (including phenoxy) is 2. The highest BCUT2D eigenvalue weighted by atomic mass is 16.5. The van der Waals surface area contributed by atoms with Crippen LogP contribution in [0.15, 0.2) is 24.3 Å². The number of benzene rings is 1. The van der Waals surface area contributed by atoms with Crippen LogP contribution in [0.3, 0.4) is 0 Å². The molecule has 0 aliphatic heterocycles. The van der Waals surface area contributed by atoms with Crippen LogP contribution in [-0.2, 0) is 9.53 Å². The largest absolute Gasteiger partial charge is 0.496 e. The van der Waals surface area contributed by atoms with Gasteiger partial charge in [-0.3, -0.25) is 9.59 Å². The van der Waals surface area contributed by atoms with Crippen molar-refractivity contribution in [2.45, 2.75) is 13.3 Å². The number of hydrogen-bond acceptors (Lipinski definition) is 4. The summed E-state index contributed by atoms with van der Waals surface area (Å²) in [5, 5.41) is 0. The summed E-state index contributed by atoms with van der Waals surface area (Å²) in [7, 11) is 2.82. The first-order valence-electron chi connectivity index (χ1n) is 6.13. The van der Waals surface area contributed by atoms with Crippen molar-refractivity contribution in [1.29, 1.82) is 0 Å². The average Bonchev–Trinajstić information content (AvgIpc) is 2.45. The smallest absolute Gasteiger partial charge is 0.325 e. The first kappa shape index (κ1) is 15.0. The van der Waals surface area contributed by atoms with Crippen LogP contribution < -0.4 is 4.74 Å². The fraction of sp³-hybridized carbons (Fsp3) is 0.429. The molecule has 0 aliphatic rings. The number of amides is 1. The van der Waals surface area contributed by atoms with Crippen LogP contribution in [0.1, 0.15) is 23.7 Å². The molecular weight excluding hydrogens is 246 g/mol. The zero-order valence-corrected chi connectivity index (χ0v) is 11.5. The van der Waals surface area contributed by atoms with E-state index >= 15 is 0 Å². The fourth-order valence-corrected chi connectivity index (χ4v) is 1.73. The summed E-state index contributed by atoms with van der Waals surface area (Å²) in [5.41, 5.74) is 0.447. The molecule has 0 heterocycles. The Bertz CT molecular complexity index is 445. The molecule has 5 nitrogen and oxygen atoms in total. The number of carbonyl (C=O) groups excluding carboxylic acids is 2. The molecule has 0 unspecified atom stereocenters. The Morgan fingerprint density at radius 1 is 1.21 bits per heavy atom. The molecule has 0 N–H and O–H groups in total. The zero-order valence-electron chi connectivity index (χ0n) is 11.5. The highest BCUT2D eigenvalue weighted by Crippen LogP contribution is 2.19. The van der Waals surface area contributed by atoms with Crippen LogP contribution >= 0.6 is 0 Å². The normalized spacial score (nSPS) is 9.84. The van der Waals surface area contributed by atoms with Gasteiger partial charge in [-0.2, -0.15) is 0 Å². The first-order valence-corrected chi connectivity index (χ1v) is 6.13. The van der Waals surface area contributed by atoms with Crippen molar-refractivity contribution in [2.24, 2.45) is 0 Å². The highest BCUT2D eigenvalue weighted by molar-refractivity contribution is 5.98. The standard InChI is InChI=1S/C14H19NO4/c1-4-9-15(10-13(16)19-3)14(17)11-7-5-6-8-12(11)18-2/h5-8H,4,9-10H2,1-3H3. The summed E-state index contributed by atoms with van der Waals surface area (Å²) >= 11 is 0. The summed E-state index contributed by atoms with van der Waals surface area (Å²) < 4.78 is 9.77. The summed E-state index contributed by atoms with van der Waals surface area (Å²) in [4.78, 5) is 25.2. The van der Waals surface area contributed by atoms with Gasteiger partial charge in [0.05, 0.1) is 19.8 Å². The lowest BCUT2D eigenvalue weighted by molar-refractivity contribution is -0.141. The third-order valence-electron chi connectivity index (χ3n) is 2.67. The van der Waals surface area contributed by atoms with Gasteiger partial charge in [-0.25, -0.2) is 0 Å². The molecule has 0 fully saturated rings. The van der Waals surface area contributed by atoms with Gasteiger partial charge in [0.1, 0.15) is 12.3 Å². The number of rotatable bonds is 6. The molecule has 1 aromatic carbocycles. The van der Waals surface area contributed by atoms with Crippen LogP contribution in [0.25, 0.3) is 0 Å². The van der Waals surface area contributed by atoms with Gasteiger partial charge in [0.2, 0.25) is 0 Å². The minimum atomic E-state index is -0.434. The van der Waals surface area contributed by atoms with E-state index in [9.17, 15) is 9.59 Å². The molecule has 5 heteroatoms. The van der Waals surface area contributed by atoms with Crippen LogP contribution in [0.2, 0.25) is 0 Å². The fourth-order valence-electron chi connectivity index (χ4n) is 1.73.